The molecule has 0 spiro atoms. The van der Waals surface area contributed by atoms with Crippen LogP contribution < -0.4 is 21.7 Å². The highest BCUT2D eigenvalue weighted by Crippen LogP contribution is 2.08. The lowest BCUT2D eigenvalue weighted by atomic mass is 9.99. The number of carboxylic acids is 1. The summed E-state index contributed by atoms with van der Waals surface area (Å²) in [6, 6.07) is 5.50. The van der Waals surface area contributed by atoms with Crippen molar-refractivity contribution in [3.63, 3.8) is 0 Å². The zero-order chi connectivity index (χ0) is 22.8. The van der Waals surface area contributed by atoms with E-state index in [0.29, 0.717) is 12.8 Å². The molecule has 0 aromatic heterocycles. The van der Waals surface area contributed by atoms with Crippen molar-refractivity contribution in [2.75, 3.05) is 0 Å². The average molecular weight is 421 g/mol. The molecule has 1 aromatic carbocycles. The van der Waals surface area contributed by atoms with E-state index in [1.807, 2.05) is 37.3 Å². The lowest BCUT2D eigenvalue weighted by Gasteiger charge is -2.24. The zero-order valence-electron chi connectivity index (χ0n) is 17.8. The molecule has 0 bridgehead atoms. The van der Waals surface area contributed by atoms with Gasteiger partial charge in [-0.05, 0) is 31.7 Å². The van der Waals surface area contributed by atoms with Crippen molar-refractivity contribution in [2.24, 2.45) is 11.7 Å². The Morgan fingerprint density at radius 2 is 1.40 bits per heavy atom. The van der Waals surface area contributed by atoms with E-state index in [1.165, 1.54) is 13.8 Å². The minimum absolute atomic E-state index is 0.265. The molecule has 0 aliphatic rings. The van der Waals surface area contributed by atoms with E-state index >= 15 is 0 Å². The van der Waals surface area contributed by atoms with Crippen molar-refractivity contribution < 1.29 is 24.3 Å². The Labute approximate surface area is 176 Å². The molecule has 0 aliphatic carbocycles. The van der Waals surface area contributed by atoms with Crippen molar-refractivity contribution in [1.29, 1.82) is 0 Å². The molecular weight excluding hydrogens is 388 g/mol. The van der Waals surface area contributed by atoms with E-state index in [9.17, 15) is 24.3 Å². The molecule has 6 N–H and O–H groups in total. The van der Waals surface area contributed by atoms with Gasteiger partial charge in [-0.2, -0.15) is 0 Å². The SMILES string of the molecule is CC[C@H](C)[C@H](NC(=O)[C@H](C)NC(=O)C(C)NC(=O)[C@@H](N)Cc1ccccc1)C(=O)O. The van der Waals surface area contributed by atoms with E-state index in [0.717, 1.165) is 5.56 Å². The molecule has 30 heavy (non-hydrogen) atoms. The Hall–Kier alpha value is -2.94. The standard InChI is InChI=1S/C21H32N4O5/c1-5-12(2)17(21(29)30)25-19(27)14(4)23-18(26)13(3)24-20(28)16(22)11-15-9-7-6-8-10-15/h6-10,12-14,16-17H,5,11,22H2,1-4H3,(H,23,26)(H,24,28)(H,25,27)(H,29,30)/t12-,13?,14-,16-,17-/m0/s1. The third-order valence-electron chi connectivity index (χ3n) is 4.92. The van der Waals surface area contributed by atoms with E-state index in [2.05, 4.69) is 16.0 Å². The summed E-state index contributed by atoms with van der Waals surface area (Å²) >= 11 is 0. The molecule has 0 aliphatic heterocycles. The van der Waals surface area contributed by atoms with Crippen molar-refractivity contribution in [1.82, 2.24) is 16.0 Å². The summed E-state index contributed by atoms with van der Waals surface area (Å²) in [5, 5.41) is 16.7. The normalized spacial score (nSPS) is 15.8. The molecule has 1 unspecified atom stereocenters. The fraction of sp³-hybridized carbons (Fsp3) is 0.524. The number of hydrogen-bond donors (Lipinski definition) is 5. The van der Waals surface area contributed by atoms with Gasteiger partial charge < -0.3 is 26.8 Å². The summed E-state index contributed by atoms with van der Waals surface area (Å²) in [4.78, 5) is 48.2. The van der Waals surface area contributed by atoms with Gasteiger partial charge in [-0.15, -0.1) is 0 Å². The number of carbonyl (C=O) groups is 4. The molecule has 166 valence electrons. The Morgan fingerprint density at radius 3 is 1.90 bits per heavy atom. The predicted molar refractivity (Wildman–Crippen MR) is 112 cm³/mol. The maximum atomic E-state index is 12.3. The molecule has 1 rings (SSSR count). The van der Waals surface area contributed by atoms with Gasteiger partial charge in [0.15, 0.2) is 0 Å². The van der Waals surface area contributed by atoms with Gasteiger partial charge in [0.05, 0.1) is 6.04 Å². The quantitative estimate of drug-likeness (QED) is 0.345. The van der Waals surface area contributed by atoms with Gasteiger partial charge in [0.25, 0.3) is 0 Å². The summed E-state index contributed by atoms with van der Waals surface area (Å²) in [6.07, 6.45) is 0.899. The highest BCUT2D eigenvalue weighted by molar-refractivity contribution is 5.93. The molecular formula is C21H32N4O5. The van der Waals surface area contributed by atoms with Crippen LogP contribution in [0.25, 0.3) is 0 Å². The van der Waals surface area contributed by atoms with Crippen LogP contribution in [0.4, 0.5) is 0 Å². The van der Waals surface area contributed by atoms with Crippen LogP contribution in [-0.4, -0.2) is 53.0 Å². The van der Waals surface area contributed by atoms with Crippen LogP contribution in [0.15, 0.2) is 30.3 Å². The molecule has 1 aromatic rings. The maximum Gasteiger partial charge on any atom is 0.326 e. The van der Waals surface area contributed by atoms with Crippen molar-refractivity contribution in [2.45, 2.75) is 64.7 Å². The predicted octanol–water partition coefficient (Wildman–Crippen LogP) is 0.181. The summed E-state index contributed by atoms with van der Waals surface area (Å²) in [7, 11) is 0. The number of benzene rings is 1. The Kier molecular flexibility index (Phi) is 9.97. The monoisotopic (exact) mass is 420 g/mol. The fourth-order valence-corrected chi connectivity index (χ4v) is 2.71. The maximum absolute atomic E-state index is 12.3. The van der Waals surface area contributed by atoms with Crippen molar-refractivity contribution >= 4 is 23.7 Å². The fourth-order valence-electron chi connectivity index (χ4n) is 2.71. The third-order valence-corrected chi connectivity index (χ3v) is 4.92. The molecule has 3 amide bonds. The van der Waals surface area contributed by atoms with Gasteiger partial charge in [-0.25, -0.2) is 4.79 Å². The van der Waals surface area contributed by atoms with Gasteiger partial charge in [0.1, 0.15) is 18.1 Å². The van der Waals surface area contributed by atoms with Crippen LogP contribution in [0.3, 0.4) is 0 Å². The minimum atomic E-state index is -1.13. The number of carbonyl (C=O) groups excluding carboxylic acids is 3. The third kappa shape index (κ3) is 7.82. The van der Waals surface area contributed by atoms with Crippen LogP contribution in [0.5, 0.6) is 0 Å². The van der Waals surface area contributed by atoms with Crippen LogP contribution in [0.2, 0.25) is 0 Å². The van der Waals surface area contributed by atoms with Crippen LogP contribution >= 0.6 is 0 Å². The minimum Gasteiger partial charge on any atom is -0.480 e. The molecule has 9 nitrogen and oxygen atoms in total. The molecule has 0 saturated carbocycles. The number of rotatable bonds is 11. The van der Waals surface area contributed by atoms with Crippen molar-refractivity contribution in [3.8, 4) is 0 Å². The zero-order valence-corrected chi connectivity index (χ0v) is 17.8. The first-order valence-electron chi connectivity index (χ1n) is 10.00. The van der Waals surface area contributed by atoms with E-state index in [1.54, 1.807) is 6.92 Å². The summed E-state index contributed by atoms with van der Waals surface area (Å²) < 4.78 is 0. The molecule has 0 saturated heterocycles. The van der Waals surface area contributed by atoms with Gasteiger partial charge in [-0.3, -0.25) is 14.4 Å². The first-order chi connectivity index (χ1) is 14.1. The van der Waals surface area contributed by atoms with Gasteiger partial charge in [-0.1, -0.05) is 50.6 Å². The summed E-state index contributed by atoms with van der Waals surface area (Å²) in [6.45, 7) is 6.47. The summed E-state index contributed by atoms with van der Waals surface area (Å²) in [5.74, 6) is -3.08. The lowest BCUT2D eigenvalue weighted by molar-refractivity contribution is -0.143. The molecule has 0 radical (unpaired) electrons. The second kappa shape index (κ2) is 11.9. The Morgan fingerprint density at radius 1 is 0.900 bits per heavy atom. The first-order valence-corrected chi connectivity index (χ1v) is 10.00. The molecule has 0 heterocycles. The van der Waals surface area contributed by atoms with Crippen LogP contribution in [0.1, 0.15) is 39.7 Å². The average Bonchev–Trinajstić information content (AvgIpc) is 2.71. The topological polar surface area (TPSA) is 151 Å². The number of amides is 3. The second-order valence-electron chi connectivity index (χ2n) is 7.47. The van der Waals surface area contributed by atoms with Crippen LogP contribution in [0, 0.1) is 5.92 Å². The van der Waals surface area contributed by atoms with Crippen LogP contribution in [-0.2, 0) is 25.6 Å². The Bertz CT molecular complexity index is 740. The molecule has 9 heteroatoms. The number of nitrogens with one attached hydrogen (secondary N) is 3. The number of nitrogens with two attached hydrogens (primary N) is 1. The largest absolute Gasteiger partial charge is 0.480 e. The number of aliphatic carboxylic acids is 1. The number of carboxylic acid groups (broad SMARTS) is 1. The van der Waals surface area contributed by atoms with E-state index < -0.39 is 47.9 Å². The van der Waals surface area contributed by atoms with E-state index in [4.69, 9.17) is 5.73 Å². The number of hydrogen-bond acceptors (Lipinski definition) is 5. The first kappa shape index (κ1) is 25.1. The van der Waals surface area contributed by atoms with Gasteiger partial charge >= 0.3 is 5.97 Å². The molecule has 0 fully saturated rings. The molecule has 5 atom stereocenters. The van der Waals surface area contributed by atoms with Gasteiger partial charge in [0, 0.05) is 0 Å². The highest BCUT2D eigenvalue weighted by atomic mass is 16.4. The van der Waals surface area contributed by atoms with Crippen molar-refractivity contribution in [3.05, 3.63) is 35.9 Å². The van der Waals surface area contributed by atoms with E-state index in [-0.39, 0.29) is 5.92 Å². The highest BCUT2D eigenvalue weighted by Gasteiger charge is 2.29. The summed E-state index contributed by atoms with van der Waals surface area (Å²) in [5.41, 5.74) is 6.81. The smallest absolute Gasteiger partial charge is 0.326 e. The Balaban J connectivity index is 2.56. The second-order valence-corrected chi connectivity index (χ2v) is 7.47. The lowest BCUT2D eigenvalue weighted by Crippen LogP contribution is -2.56. The van der Waals surface area contributed by atoms with Gasteiger partial charge in [0.2, 0.25) is 17.7 Å².